The summed E-state index contributed by atoms with van der Waals surface area (Å²) in [4.78, 5) is 16.4. The van der Waals surface area contributed by atoms with Crippen LogP contribution in [0.5, 0.6) is 23.0 Å². The molecule has 2 aromatic rings. The van der Waals surface area contributed by atoms with Crippen molar-refractivity contribution in [2.45, 2.75) is 0 Å². The number of carbonyl (C=O) groups is 1. The van der Waals surface area contributed by atoms with Crippen LogP contribution in [-0.4, -0.2) is 56.6 Å². The second-order valence-corrected chi connectivity index (χ2v) is 6.85. The van der Waals surface area contributed by atoms with Crippen LogP contribution in [0.25, 0.3) is 12.8 Å². The number of benzene rings is 2. The number of aromatic hydroxyl groups is 2. The highest BCUT2D eigenvalue weighted by molar-refractivity contribution is 5.94. The summed E-state index contributed by atoms with van der Waals surface area (Å²) < 4.78 is 15.8. The van der Waals surface area contributed by atoms with Gasteiger partial charge in [0.15, 0.2) is 5.75 Å². The molecule has 0 radical (unpaired) electrons. The standard InChI is InChI=1S/C21H22N2O6/c1-12-17(22-6-7-22)20(25)15(18(19(12)24)23-8-9-23)11-29-21(26)14-10-13(27-2)4-5-16(14)28-3/h4-5,10-11,24-25H,1,6-9H2,2-3H3/b15-11+. The largest absolute Gasteiger partial charge is 0.505 e. The molecule has 0 unspecified atom stereocenters. The summed E-state index contributed by atoms with van der Waals surface area (Å²) in [6.45, 7) is 6.89. The molecule has 2 N–H and O–H groups in total. The topological polar surface area (TPSA) is 91.2 Å². The van der Waals surface area contributed by atoms with Crippen molar-refractivity contribution in [2.75, 3.05) is 50.2 Å². The average molecular weight is 398 g/mol. The van der Waals surface area contributed by atoms with E-state index in [2.05, 4.69) is 6.58 Å². The smallest absolute Gasteiger partial charge is 0.346 e. The van der Waals surface area contributed by atoms with E-state index >= 15 is 0 Å². The van der Waals surface area contributed by atoms with Crippen molar-refractivity contribution in [3.05, 3.63) is 34.2 Å². The van der Waals surface area contributed by atoms with Gasteiger partial charge in [-0.1, -0.05) is 6.58 Å². The minimum absolute atomic E-state index is 0.0246. The van der Waals surface area contributed by atoms with Crippen LogP contribution in [0.2, 0.25) is 0 Å². The van der Waals surface area contributed by atoms with Gasteiger partial charge in [0.1, 0.15) is 29.1 Å². The van der Waals surface area contributed by atoms with E-state index in [-0.39, 0.29) is 22.3 Å². The number of methoxy groups -OCH3 is 2. The van der Waals surface area contributed by atoms with Crippen molar-refractivity contribution < 1.29 is 29.2 Å². The summed E-state index contributed by atoms with van der Waals surface area (Å²) in [6.07, 6.45) is 1.16. The van der Waals surface area contributed by atoms with Crippen LogP contribution in [0, 0.1) is 0 Å². The molecule has 0 aliphatic carbocycles. The maximum absolute atomic E-state index is 12.7. The van der Waals surface area contributed by atoms with E-state index < -0.39 is 5.97 Å². The zero-order valence-corrected chi connectivity index (χ0v) is 16.3. The Morgan fingerprint density at radius 1 is 1.03 bits per heavy atom. The first kappa shape index (κ1) is 18.8. The first-order valence-electron chi connectivity index (χ1n) is 9.16. The van der Waals surface area contributed by atoms with E-state index in [1.165, 1.54) is 20.3 Å². The fourth-order valence-electron chi connectivity index (χ4n) is 3.23. The van der Waals surface area contributed by atoms with Crippen LogP contribution in [0.1, 0.15) is 10.4 Å². The fourth-order valence-corrected chi connectivity index (χ4v) is 3.23. The summed E-state index contributed by atoms with van der Waals surface area (Å²) in [6, 6.07) is 4.79. The van der Waals surface area contributed by atoms with E-state index in [9.17, 15) is 15.0 Å². The van der Waals surface area contributed by atoms with E-state index in [1.807, 2.05) is 9.80 Å². The second-order valence-electron chi connectivity index (χ2n) is 6.85. The van der Waals surface area contributed by atoms with Crippen molar-refractivity contribution in [3.8, 4) is 23.0 Å². The number of hydrogen-bond acceptors (Lipinski definition) is 8. The van der Waals surface area contributed by atoms with Crippen LogP contribution in [-0.2, 0) is 4.74 Å². The number of phenolic OH excluding ortho intramolecular Hbond substituents is 2. The Hall–Kier alpha value is -3.55. The van der Waals surface area contributed by atoms with Crippen molar-refractivity contribution in [2.24, 2.45) is 0 Å². The van der Waals surface area contributed by atoms with Gasteiger partial charge in [-0.15, -0.1) is 0 Å². The molecule has 8 heteroatoms. The molecule has 2 saturated heterocycles. The molecule has 0 spiro atoms. The highest BCUT2D eigenvalue weighted by atomic mass is 16.5. The predicted octanol–water partition coefficient (Wildman–Crippen LogP) is 0.760. The number of rotatable bonds is 6. The van der Waals surface area contributed by atoms with E-state index in [0.717, 1.165) is 32.4 Å². The zero-order chi connectivity index (χ0) is 20.7. The summed E-state index contributed by atoms with van der Waals surface area (Å²) >= 11 is 0. The van der Waals surface area contributed by atoms with E-state index in [0.29, 0.717) is 28.1 Å². The molecule has 0 bridgehead atoms. The van der Waals surface area contributed by atoms with Gasteiger partial charge < -0.3 is 34.2 Å². The van der Waals surface area contributed by atoms with Gasteiger partial charge in [0.05, 0.1) is 30.8 Å². The number of esters is 1. The van der Waals surface area contributed by atoms with Gasteiger partial charge in [-0.05, 0) is 18.2 Å². The molecule has 2 aliphatic rings. The van der Waals surface area contributed by atoms with Gasteiger partial charge in [0.25, 0.3) is 0 Å². The number of carbonyl (C=O) groups excluding carboxylic acids is 1. The molecule has 0 aromatic heterocycles. The fraction of sp³-hybridized carbons (Fsp3) is 0.286. The molecule has 4 rings (SSSR count). The van der Waals surface area contributed by atoms with Crippen molar-refractivity contribution >= 4 is 30.2 Å². The normalized spacial score (nSPS) is 15.3. The Labute approximate surface area is 167 Å². The molecule has 2 heterocycles. The molecule has 29 heavy (non-hydrogen) atoms. The lowest BCUT2D eigenvalue weighted by atomic mass is 10.1. The third-order valence-corrected chi connectivity index (χ3v) is 4.97. The van der Waals surface area contributed by atoms with Gasteiger partial charge in [0, 0.05) is 31.4 Å². The van der Waals surface area contributed by atoms with Gasteiger partial charge in [-0.3, -0.25) is 0 Å². The van der Waals surface area contributed by atoms with Gasteiger partial charge in [-0.2, -0.15) is 0 Å². The number of anilines is 2. The Kier molecular flexibility index (Phi) is 4.62. The third-order valence-electron chi connectivity index (χ3n) is 4.97. The second kappa shape index (κ2) is 7.12. The van der Waals surface area contributed by atoms with Crippen LogP contribution in [0.3, 0.4) is 0 Å². The summed E-state index contributed by atoms with van der Waals surface area (Å²) in [5, 5.41) is 22.1. The van der Waals surface area contributed by atoms with E-state index in [1.54, 1.807) is 12.1 Å². The molecular weight excluding hydrogens is 376 g/mol. The molecule has 2 fully saturated rings. The molecule has 2 aliphatic heterocycles. The first-order valence-corrected chi connectivity index (χ1v) is 9.16. The Morgan fingerprint density at radius 2 is 1.69 bits per heavy atom. The lowest BCUT2D eigenvalue weighted by Crippen LogP contribution is -2.21. The maximum Gasteiger partial charge on any atom is 0.346 e. The number of hydrogen-bond donors (Lipinski definition) is 2. The summed E-state index contributed by atoms with van der Waals surface area (Å²) in [5.41, 5.74) is 1.04. The lowest BCUT2D eigenvalue weighted by Gasteiger charge is -2.15. The maximum atomic E-state index is 12.7. The molecule has 0 amide bonds. The van der Waals surface area contributed by atoms with Crippen LogP contribution < -0.4 is 29.7 Å². The SMILES string of the molecule is C=c1c(O)c(N2CC2)/c(=C\OC(=O)c2cc(OC)ccc2OC)c(O)c1N1CC1. The van der Waals surface area contributed by atoms with Crippen LogP contribution >= 0.6 is 0 Å². The lowest BCUT2D eigenvalue weighted by molar-refractivity contribution is 0.0701. The zero-order valence-electron chi connectivity index (χ0n) is 16.3. The van der Waals surface area contributed by atoms with E-state index in [4.69, 9.17) is 14.2 Å². The van der Waals surface area contributed by atoms with Crippen LogP contribution in [0.4, 0.5) is 11.4 Å². The number of ether oxygens (including phenoxy) is 3. The molecule has 2 aromatic carbocycles. The molecule has 0 saturated carbocycles. The Morgan fingerprint density at radius 3 is 2.28 bits per heavy atom. The van der Waals surface area contributed by atoms with Crippen LogP contribution in [0.15, 0.2) is 18.2 Å². The highest BCUT2D eigenvalue weighted by Crippen LogP contribution is 2.34. The quantitative estimate of drug-likeness (QED) is 0.419. The van der Waals surface area contributed by atoms with Gasteiger partial charge in [-0.25, -0.2) is 4.79 Å². The molecule has 0 atom stereocenters. The van der Waals surface area contributed by atoms with Crippen molar-refractivity contribution in [3.63, 3.8) is 0 Å². The third kappa shape index (κ3) is 3.37. The molecule has 152 valence electrons. The van der Waals surface area contributed by atoms with Crippen molar-refractivity contribution in [1.82, 2.24) is 0 Å². The Bertz CT molecular complexity index is 1090. The monoisotopic (exact) mass is 398 g/mol. The number of nitrogens with zero attached hydrogens (tertiary/aromatic N) is 2. The van der Waals surface area contributed by atoms with Gasteiger partial charge >= 0.3 is 5.97 Å². The summed E-state index contributed by atoms with van der Waals surface area (Å²) in [5.74, 6) is 0.0398. The minimum Gasteiger partial charge on any atom is -0.505 e. The van der Waals surface area contributed by atoms with Crippen molar-refractivity contribution in [1.29, 1.82) is 0 Å². The molecular formula is C21H22N2O6. The minimum atomic E-state index is -0.677. The predicted molar refractivity (Wildman–Crippen MR) is 108 cm³/mol. The Balaban J connectivity index is 1.77. The highest BCUT2D eigenvalue weighted by Gasteiger charge is 2.31. The average Bonchev–Trinajstić information content (AvgIpc) is 3.62. The summed E-state index contributed by atoms with van der Waals surface area (Å²) in [7, 11) is 2.95. The molecule has 8 nitrogen and oxygen atoms in total. The first-order chi connectivity index (χ1) is 14.0. The van der Waals surface area contributed by atoms with Gasteiger partial charge in [0.2, 0.25) is 0 Å². The number of phenols is 2.